The molecular formula is C10H9BrN2. The first-order chi connectivity index (χ1) is 6.18. The largest absolute Gasteiger partial charge is 0.383 e. The van der Waals surface area contributed by atoms with E-state index in [0.29, 0.717) is 5.84 Å². The van der Waals surface area contributed by atoms with Crippen molar-refractivity contribution in [2.75, 3.05) is 0 Å². The van der Waals surface area contributed by atoms with Crippen molar-refractivity contribution in [2.24, 2.45) is 10.7 Å². The zero-order chi connectivity index (χ0) is 9.42. The first-order valence-electron chi connectivity index (χ1n) is 3.98. The molecule has 0 amide bonds. The Hall–Kier alpha value is -1.09. The first-order valence-corrected chi connectivity index (χ1v) is 4.77. The van der Waals surface area contributed by atoms with Gasteiger partial charge < -0.3 is 5.73 Å². The number of aliphatic imine (C=N–C) groups is 1. The van der Waals surface area contributed by atoms with E-state index < -0.39 is 0 Å². The molecule has 1 heterocycles. The predicted octanol–water partition coefficient (Wildman–Crippen LogP) is 2.22. The average Bonchev–Trinajstić information content (AvgIpc) is 2.02. The number of halogens is 1. The van der Waals surface area contributed by atoms with Gasteiger partial charge in [0.2, 0.25) is 0 Å². The minimum absolute atomic E-state index is 0.554. The van der Waals surface area contributed by atoms with Gasteiger partial charge in [-0.25, -0.2) is 4.99 Å². The van der Waals surface area contributed by atoms with Gasteiger partial charge >= 0.3 is 0 Å². The molecule has 1 aliphatic rings. The van der Waals surface area contributed by atoms with Crippen LogP contribution in [0.15, 0.2) is 39.9 Å². The van der Waals surface area contributed by atoms with Crippen LogP contribution < -0.4 is 5.73 Å². The highest BCUT2D eigenvalue weighted by Gasteiger charge is 2.15. The van der Waals surface area contributed by atoms with Crippen LogP contribution in [-0.4, -0.2) is 5.84 Å². The van der Waals surface area contributed by atoms with Crippen LogP contribution >= 0.6 is 15.9 Å². The van der Waals surface area contributed by atoms with E-state index >= 15 is 0 Å². The maximum absolute atomic E-state index is 5.80. The van der Waals surface area contributed by atoms with Gasteiger partial charge in [0, 0.05) is 22.2 Å². The highest BCUT2D eigenvalue weighted by Crippen LogP contribution is 2.26. The number of rotatable bonds is 0. The minimum atomic E-state index is 0.554. The van der Waals surface area contributed by atoms with Gasteiger partial charge in [-0.1, -0.05) is 34.6 Å². The zero-order valence-corrected chi connectivity index (χ0v) is 8.63. The lowest BCUT2D eigenvalue weighted by Gasteiger charge is -2.16. The molecule has 0 fully saturated rings. The van der Waals surface area contributed by atoms with Crippen LogP contribution in [0, 0.1) is 0 Å². The number of benzene rings is 1. The highest BCUT2D eigenvalue weighted by atomic mass is 79.9. The Balaban J connectivity index is 2.67. The van der Waals surface area contributed by atoms with Crippen LogP contribution in [0.5, 0.6) is 0 Å². The second kappa shape index (κ2) is 3.00. The summed E-state index contributed by atoms with van der Waals surface area (Å²) in [5.41, 5.74) is 8.82. The van der Waals surface area contributed by atoms with Crippen LogP contribution in [0.2, 0.25) is 0 Å². The number of hydrogen-bond acceptors (Lipinski definition) is 2. The minimum Gasteiger partial charge on any atom is -0.383 e. The number of nitrogens with two attached hydrogens (primary N) is 1. The van der Waals surface area contributed by atoms with Gasteiger partial charge in [-0.2, -0.15) is 0 Å². The Morgan fingerprint density at radius 2 is 2.23 bits per heavy atom. The summed E-state index contributed by atoms with van der Waals surface area (Å²) >= 11 is 3.45. The molecule has 2 rings (SSSR count). The van der Waals surface area contributed by atoms with E-state index in [-0.39, 0.29) is 0 Å². The summed E-state index contributed by atoms with van der Waals surface area (Å²) in [6, 6.07) is 6.01. The number of amidine groups is 1. The van der Waals surface area contributed by atoms with Gasteiger partial charge in [0.1, 0.15) is 5.84 Å². The van der Waals surface area contributed by atoms with E-state index in [2.05, 4.69) is 27.5 Å². The van der Waals surface area contributed by atoms with Gasteiger partial charge in [0.15, 0.2) is 0 Å². The summed E-state index contributed by atoms with van der Waals surface area (Å²) in [6.45, 7) is 3.81. The standard InChI is InChI=1S/C10H9BrN2/c1-6-5-7-3-2-4-8(11)9(7)10(12)13-6/h2-4H,1,5H2,(H2,12,13). The Labute approximate surface area is 85.3 Å². The molecule has 0 saturated heterocycles. The van der Waals surface area contributed by atoms with Gasteiger partial charge in [-0.15, -0.1) is 0 Å². The smallest absolute Gasteiger partial charge is 0.132 e. The molecule has 0 spiro atoms. The quantitative estimate of drug-likeness (QED) is 0.738. The molecule has 3 heteroatoms. The number of hydrogen-bond donors (Lipinski definition) is 1. The van der Waals surface area contributed by atoms with Crippen LogP contribution in [0.25, 0.3) is 0 Å². The normalized spacial score (nSPS) is 15.2. The van der Waals surface area contributed by atoms with E-state index in [1.807, 2.05) is 18.2 Å². The molecule has 0 saturated carbocycles. The summed E-state index contributed by atoms with van der Waals surface area (Å²) in [5, 5.41) is 0. The lowest BCUT2D eigenvalue weighted by Crippen LogP contribution is -2.20. The third-order valence-electron chi connectivity index (χ3n) is 2.03. The Kier molecular flexibility index (Phi) is 1.96. The topological polar surface area (TPSA) is 38.4 Å². The Morgan fingerprint density at radius 3 is 3.00 bits per heavy atom. The van der Waals surface area contributed by atoms with Gasteiger partial charge in [0.25, 0.3) is 0 Å². The van der Waals surface area contributed by atoms with Crippen molar-refractivity contribution < 1.29 is 0 Å². The average molecular weight is 237 g/mol. The molecule has 0 bridgehead atoms. The van der Waals surface area contributed by atoms with Crippen LogP contribution in [0.1, 0.15) is 11.1 Å². The molecular weight excluding hydrogens is 228 g/mol. The van der Waals surface area contributed by atoms with Crippen molar-refractivity contribution in [1.29, 1.82) is 0 Å². The second-order valence-corrected chi connectivity index (χ2v) is 3.87. The predicted molar refractivity (Wildman–Crippen MR) is 57.7 cm³/mol. The van der Waals surface area contributed by atoms with Crippen LogP contribution in [0.3, 0.4) is 0 Å². The van der Waals surface area contributed by atoms with Crippen molar-refractivity contribution in [3.8, 4) is 0 Å². The van der Waals surface area contributed by atoms with Crippen molar-refractivity contribution in [2.45, 2.75) is 6.42 Å². The monoisotopic (exact) mass is 236 g/mol. The second-order valence-electron chi connectivity index (χ2n) is 3.01. The van der Waals surface area contributed by atoms with E-state index in [1.54, 1.807) is 0 Å². The first kappa shape index (κ1) is 8.51. The number of nitrogens with zero attached hydrogens (tertiary/aromatic N) is 1. The van der Waals surface area contributed by atoms with Crippen molar-refractivity contribution >= 4 is 21.8 Å². The van der Waals surface area contributed by atoms with Crippen LogP contribution in [-0.2, 0) is 6.42 Å². The Bertz CT molecular complexity index is 407. The summed E-state index contributed by atoms with van der Waals surface area (Å²) in [5.74, 6) is 0.554. The fourth-order valence-electron chi connectivity index (χ4n) is 1.49. The molecule has 0 aromatic heterocycles. The summed E-state index contributed by atoms with van der Waals surface area (Å²) in [4.78, 5) is 4.15. The SMILES string of the molecule is C=C1Cc2cccc(Br)c2C(N)=N1. The molecule has 1 aliphatic heterocycles. The molecule has 0 unspecified atom stereocenters. The van der Waals surface area contributed by atoms with E-state index in [1.165, 1.54) is 5.56 Å². The molecule has 2 N–H and O–H groups in total. The van der Waals surface area contributed by atoms with Crippen LogP contribution in [0.4, 0.5) is 0 Å². The van der Waals surface area contributed by atoms with Crippen molar-refractivity contribution in [3.63, 3.8) is 0 Å². The lowest BCUT2D eigenvalue weighted by atomic mass is 10.00. The third-order valence-corrected chi connectivity index (χ3v) is 2.69. The maximum atomic E-state index is 5.80. The van der Waals surface area contributed by atoms with Gasteiger partial charge in [-0.3, -0.25) is 0 Å². The highest BCUT2D eigenvalue weighted by molar-refractivity contribution is 9.10. The Morgan fingerprint density at radius 1 is 1.46 bits per heavy atom. The fourth-order valence-corrected chi connectivity index (χ4v) is 2.10. The summed E-state index contributed by atoms with van der Waals surface area (Å²) in [7, 11) is 0. The lowest BCUT2D eigenvalue weighted by molar-refractivity contribution is 1.07. The molecule has 13 heavy (non-hydrogen) atoms. The molecule has 1 aromatic rings. The summed E-state index contributed by atoms with van der Waals surface area (Å²) < 4.78 is 0.999. The van der Waals surface area contributed by atoms with Crippen molar-refractivity contribution in [1.82, 2.24) is 0 Å². The molecule has 2 nitrogen and oxygen atoms in total. The third kappa shape index (κ3) is 1.40. The van der Waals surface area contributed by atoms with Gasteiger partial charge in [-0.05, 0) is 11.6 Å². The maximum Gasteiger partial charge on any atom is 0.132 e. The molecule has 0 atom stereocenters. The van der Waals surface area contributed by atoms with E-state index in [0.717, 1.165) is 22.2 Å². The zero-order valence-electron chi connectivity index (χ0n) is 7.05. The summed E-state index contributed by atoms with van der Waals surface area (Å²) in [6.07, 6.45) is 0.787. The van der Waals surface area contributed by atoms with Crippen molar-refractivity contribution in [3.05, 3.63) is 46.1 Å². The number of allylic oxidation sites excluding steroid dienone is 1. The number of fused-ring (bicyclic) bond motifs is 1. The fraction of sp³-hybridized carbons (Fsp3) is 0.100. The molecule has 1 aromatic carbocycles. The van der Waals surface area contributed by atoms with E-state index in [4.69, 9.17) is 5.73 Å². The van der Waals surface area contributed by atoms with E-state index in [9.17, 15) is 0 Å². The molecule has 0 aliphatic carbocycles. The molecule has 0 radical (unpaired) electrons. The molecule has 66 valence electrons. The van der Waals surface area contributed by atoms with Gasteiger partial charge in [0.05, 0.1) is 0 Å².